The van der Waals surface area contributed by atoms with E-state index in [1.165, 1.54) is 44.7 Å². The fourth-order valence-electron chi connectivity index (χ4n) is 3.00. The molecule has 0 saturated carbocycles. The number of ether oxygens (including phenoxy) is 1. The third-order valence-electron chi connectivity index (χ3n) is 4.52. The van der Waals surface area contributed by atoms with Crippen molar-refractivity contribution in [2.75, 3.05) is 31.1 Å². The highest BCUT2D eigenvalue weighted by Crippen LogP contribution is 2.40. The molecule has 33 heavy (non-hydrogen) atoms. The van der Waals surface area contributed by atoms with Gasteiger partial charge < -0.3 is 25.0 Å². The second kappa shape index (κ2) is 9.11. The van der Waals surface area contributed by atoms with Crippen molar-refractivity contribution in [1.82, 2.24) is 9.97 Å². The van der Waals surface area contributed by atoms with Crippen molar-refractivity contribution in [3.8, 4) is 5.75 Å². The van der Waals surface area contributed by atoms with Gasteiger partial charge in [0.25, 0.3) is 0 Å². The Bertz CT molecular complexity index is 1240. The van der Waals surface area contributed by atoms with E-state index in [0.29, 0.717) is 17.2 Å². The van der Waals surface area contributed by atoms with E-state index in [1.807, 2.05) is 0 Å². The molecule has 0 saturated heterocycles. The summed E-state index contributed by atoms with van der Waals surface area (Å²) in [6, 6.07) is 10.4. The van der Waals surface area contributed by atoms with Crippen LogP contribution in [0.15, 0.2) is 48.7 Å². The number of carboxylic acids is 1. The zero-order valence-electron chi connectivity index (χ0n) is 17.8. The summed E-state index contributed by atoms with van der Waals surface area (Å²) < 4.78 is 58.4. The Labute approximate surface area is 187 Å². The number of anilines is 4. The number of nitrogens with one attached hydrogen (secondary N) is 2. The second-order valence-corrected chi connectivity index (χ2v) is 10.5. The Balaban J connectivity index is 2.02. The third kappa shape index (κ3) is 5.61. The SMILES string of the molecule is COc1cc(Nc2ncc(C(F)(F)F)c(Nc3ccccc3P(C)(C)=O)n2)ccc1C(=O)O. The predicted octanol–water partition coefficient (Wildman–Crippen LogP) is 4.94. The van der Waals surface area contributed by atoms with E-state index in [0.717, 1.165) is 0 Å². The summed E-state index contributed by atoms with van der Waals surface area (Å²) in [7, 11) is -1.51. The van der Waals surface area contributed by atoms with Crippen molar-refractivity contribution in [2.24, 2.45) is 0 Å². The highest BCUT2D eigenvalue weighted by atomic mass is 31.2. The molecule has 0 bridgehead atoms. The number of aromatic nitrogens is 2. The molecule has 0 unspecified atom stereocenters. The van der Waals surface area contributed by atoms with Crippen molar-refractivity contribution in [2.45, 2.75) is 6.18 Å². The van der Waals surface area contributed by atoms with Crippen molar-refractivity contribution >= 4 is 41.6 Å². The molecule has 12 heteroatoms. The van der Waals surface area contributed by atoms with Gasteiger partial charge in [0.15, 0.2) is 0 Å². The molecule has 0 fully saturated rings. The number of nitrogens with zero attached hydrogens (tertiary/aromatic N) is 2. The maximum atomic E-state index is 13.6. The van der Waals surface area contributed by atoms with Gasteiger partial charge in [0.1, 0.15) is 29.8 Å². The Hall–Kier alpha value is -3.59. The van der Waals surface area contributed by atoms with Crippen LogP contribution in [-0.2, 0) is 10.7 Å². The molecule has 0 aliphatic heterocycles. The molecule has 3 N–H and O–H groups in total. The summed E-state index contributed by atoms with van der Waals surface area (Å²) in [6.07, 6.45) is -4.12. The minimum absolute atomic E-state index is 0.0494. The lowest BCUT2D eigenvalue weighted by molar-refractivity contribution is -0.137. The number of halogens is 3. The predicted molar refractivity (Wildman–Crippen MR) is 119 cm³/mol. The molecule has 3 rings (SSSR count). The van der Waals surface area contributed by atoms with Gasteiger partial charge in [-0.05, 0) is 37.6 Å². The Morgan fingerprint density at radius 1 is 1.12 bits per heavy atom. The summed E-state index contributed by atoms with van der Waals surface area (Å²) in [4.78, 5) is 18.9. The first-order chi connectivity index (χ1) is 15.4. The van der Waals surface area contributed by atoms with Crippen LogP contribution in [-0.4, -0.2) is 41.5 Å². The summed E-state index contributed by atoms with van der Waals surface area (Å²) in [5.41, 5.74) is -0.661. The number of benzene rings is 2. The number of hydrogen-bond donors (Lipinski definition) is 3. The van der Waals surface area contributed by atoms with Crippen molar-refractivity contribution < 1.29 is 32.4 Å². The minimum atomic E-state index is -4.75. The van der Waals surface area contributed by atoms with E-state index in [1.54, 1.807) is 18.2 Å². The summed E-state index contributed by atoms with van der Waals surface area (Å²) in [5.74, 6) is -1.86. The van der Waals surface area contributed by atoms with Crippen molar-refractivity contribution in [3.05, 3.63) is 59.8 Å². The average molecular weight is 480 g/mol. The van der Waals surface area contributed by atoms with Crippen LogP contribution < -0.4 is 20.7 Å². The second-order valence-electron chi connectivity index (χ2n) is 7.29. The lowest BCUT2D eigenvalue weighted by Crippen LogP contribution is -2.16. The van der Waals surface area contributed by atoms with Crippen molar-refractivity contribution in [1.29, 1.82) is 0 Å². The van der Waals surface area contributed by atoms with Crippen LogP contribution in [0.25, 0.3) is 0 Å². The molecule has 0 atom stereocenters. The normalized spacial score (nSPS) is 11.7. The fraction of sp³-hybridized carbons (Fsp3) is 0.190. The van der Waals surface area contributed by atoms with E-state index >= 15 is 0 Å². The van der Waals surface area contributed by atoms with Crippen molar-refractivity contribution in [3.63, 3.8) is 0 Å². The number of carboxylic acid groups (broad SMARTS) is 1. The Morgan fingerprint density at radius 2 is 1.82 bits per heavy atom. The average Bonchev–Trinajstić information content (AvgIpc) is 2.72. The topological polar surface area (TPSA) is 113 Å². The van der Waals surface area contributed by atoms with E-state index in [9.17, 15) is 27.6 Å². The van der Waals surface area contributed by atoms with Gasteiger partial charge in [-0.2, -0.15) is 18.2 Å². The van der Waals surface area contributed by atoms with Crippen LogP contribution in [0.5, 0.6) is 5.75 Å². The van der Waals surface area contributed by atoms with Gasteiger partial charge in [0, 0.05) is 23.3 Å². The molecule has 8 nitrogen and oxygen atoms in total. The molecular formula is C21H20F3N4O4P. The Kier molecular flexibility index (Phi) is 6.64. The number of alkyl halides is 3. The number of rotatable bonds is 7. The van der Waals surface area contributed by atoms with Crippen LogP contribution in [0.1, 0.15) is 15.9 Å². The molecule has 0 amide bonds. The van der Waals surface area contributed by atoms with E-state index in [2.05, 4.69) is 20.6 Å². The Morgan fingerprint density at radius 3 is 2.42 bits per heavy atom. The molecule has 0 aliphatic carbocycles. The van der Waals surface area contributed by atoms with Gasteiger partial charge in [-0.1, -0.05) is 12.1 Å². The van der Waals surface area contributed by atoms with Gasteiger partial charge in [-0.15, -0.1) is 0 Å². The summed E-state index contributed by atoms with van der Waals surface area (Å²) in [6.45, 7) is 3.03. The monoisotopic (exact) mass is 480 g/mol. The first-order valence-electron chi connectivity index (χ1n) is 9.44. The molecular weight excluding hydrogens is 460 g/mol. The van der Waals surface area contributed by atoms with Crippen LogP contribution in [0, 0.1) is 0 Å². The minimum Gasteiger partial charge on any atom is -0.496 e. The van der Waals surface area contributed by atoms with Gasteiger partial charge in [0.05, 0.1) is 12.8 Å². The summed E-state index contributed by atoms with van der Waals surface area (Å²) >= 11 is 0. The molecule has 0 aliphatic rings. The maximum absolute atomic E-state index is 13.6. The quantitative estimate of drug-likeness (QED) is 0.408. The number of aromatic carboxylic acids is 1. The highest BCUT2D eigenvalue weighted by Gasteiger charge is 2.35. The molecule has 0 spiro atoms. The third-order valence-corrected chi connectivity index (χ3v) is 6.07. The maximum Gasteiger partial charge on any atom is 0.421 e. The smallest absolute Gasteiger partial charge is 0.421 e. The zero-order valence-corrected chi connectivity index (χ0v) is 18.7. The highest BCUT2D eigenvalue weighted by molar-refractivity contribution is 7.70. The molecule has 3 aromatic rings. The van der Waals surface area contributed by atoms with Gasteiger partial charge in [0.2, 0.25) is 5.95 Å². The number of hydrogen-bond acceptors (Lipinski definition) is 7. The van der Waals surface area contributed by atoms with Crippen LogP contribution in [0.4, 0.5) is 36.3 Å². The van der Waals surface area contributed by atoms with Crippen LogP contribution in [0.2, 0.25) is 0 Å². The lowest BCUT2D eigenvalue weighted by Gasteiger charge is -2.18. The number of para-hydroxylation sites is 1. The summed E-state index contributed by atoms with van der Waals surface area (Å²) in [5, 5.41) is 14.9. The molecule has 1 aromatic heterocycles. The fourth-order valence-corrected chi connectivity index (χ4v) is 4.15. The van der Waals surface area contributed by atoms with Crippen LogP contribution >= 0.6 is 7.14 Å². The first-order valence-corrected chi connectivity index (χ1v) is 12.0. The van der Waals surface area contributed by atoms with E-state index < -0.39 is 30.7 Å². The van der Waals surface area contributed by atoms with Gasteiger partial charge in [-0.3, -0.25) is 0 Å². The number of carbonyl (C=O) groups is 1. The van der Waals surface area contributed by atoms with E-state index in [4.69, 9.17) is 4.74 Å². The van der Waals surface area contributed by atoms with Gasteiger partial charge >= 0.3 is 12.1 Å². The molecule has 2 aromatic carbocycles. The lowest BCUT2D eigenvalue weighted by atomic mass is 10.2. The van der Waals surface area contributed by atoms with E-state index in [-0.39, 0.29) is 22.9 Å². The largest absolute Gasteiger partial charge is 0.496 e. The van der Waals surface area contributed by atoms with Crippen LogP contribution in [0.3, 0.4) is 0 Å². The van der Waals surface area contributed by atoms with Gasteiger partial charge in [-0.25, -0.2) is 9.78 Å². The standard InChI is InChI=1S/C21H20F3N4O4P/c1-32-16-10-12(8-9-13(16)19(29)30)26-20-25-11-14(21(22,23)24)18(28-20)27-15-6-4-5-7-17(15)33(2,3)31/h4-11H,1-3H3,(H,29,30)(H2,25,26,27,28). The molecule has 174 valence electrons. The zero-order chi connectivity index (χ0) is 24.4. The first kappa shape index (κ1) is 24.1. The molecule has 0 radical (unpaired) electrons. The molecule has 1 heterocycles. The number of methoxy groups -OCH3 is 1.